The monoisotopic (exact) mass is 364 g/mol. The predicted octanol–water partition coefficient (Wildman–Crippen LogP) is 2.52. The summed E-state index contributed by atoms with van der Waals surface area (Å²) in [6, 6.07) is 8.99. The number of H-pyrrole nitrogens is 1. The van der Waals surface area contributed by atoms with E-state index in [1.807, 2.05) is 18.2 Å². The molecule has 8 heteroatoms. The summed E-state index contributed by atoms with van der Waals surface area (Å²) in [5.41, 5.74) is 1.24. The van der Waals surface area contributed by atoms with Crippen LogP contribution in [0.1, 0.15) is 11.4 Å². The Bertz CT molecular complexity index is 920. The highest BCUT2D eigenvalue weighted by Crippen LogP contribution is 2.20. The smallest absolute Gasteiger partial charge is 0.266 e. The van der Waals surface area contributed by atoms with Gasteiger partial charge in [-0.15, -0.1) is 0 Å². The normalized spacial score (nSPS) is 11.0. The average molecular weight is 365 g/mol. The van der Waals surface area contributed by atoms with Gasteiger partial charge in [-0.2, -0.15) is 5.10 Å². The molecule has 0 aliphatic carbocycles. The van der Waals surface area contributed by atoms with E-state index in [4.69, 9.17) is 23.2 Å². The van der Waals surface area contributed by atoms with Gasteiger partial charge in [-0.25, -0.2) is 9.67 Å². The van der Waals surface area contributed by atoms with Crippen LogP contribution in [0.2, 0.25) is 10.0 Å². The Morgan fingerprint density at radius 1 is 1.25 bits per heavy atom. The fourth-order valence-corrected chi connectivity index (χ4v) is 2.73. The predicted molar refractivity (Wildman–Crippen MR) is 92.4 cm³/mol. The molecular weight excluding hydrogens is 351 g/mol. The Kier molecular flexibility index (Phi) is 4.99. The Balaban J connectivity index is 1.98. The van der Waals surface area contributed by atoms with Gasteiger partial charge < -0.3 is 10.1 Å². The molecule has 1 aromatic carbocycles. The molecule has 0 bridgehead atoms. The molecule has 0 aliphatic rings. The molecule has 0 saturated heterocycles. The summed E-state index contributed by atoms with van der Waals surface area (Å²) in [7, 11) is 0. The van der Waals surface area contributed by atoms with Gasteiger partial charge in [0.25, 0.3) is 5.56 Å². The van der Waals surface area contributed by atoms with E-state index < -0.39 is 0 Å². The largest absolute Gasteiger partial charge is 0.394 e. The number of halogens is 2. The number of rotatable bonds is 5. The molecule has 0 atom stereocenters. The van der Waals surface area contributed by atoms with Crippen molar-refractivity contribution in [2.24, 2.45) is 0 Å². The molecule has 0 unspecified atom stereocenters. The Labute approximate surface area is 147 Å². The molecule has 0 spiro atoms. The quantitative estimate of drug-likeness (QED) is 0.728. The van der Waals surface area contributed by atoms with Crippen molar-refractivity contribution in [3.63, 3.8) is 0 Å². The fourth-order valence-electron chi connectivity index (χ4n) is 2.34. The van der Waals surface area contributed by atoms with Gasteiger partial charge in [-0.3, -0.25) is 4.79 Å². The standard InChI is InChI=1S/C16H14Cl2N4O2/c17-12-3-1-2-10(6-12)7-14-20-15(22(21-14)4-5-23)11-8-13(18)16(24)19-9-11/h1-3,6,8-9,23H,4-5,7H2,(H,19,24). The van der Waals surface area contributed by atoms with Crippen LogP contribution in [0, 0.1) is 0 Å². The van der Waals surface area contributed by atoms with Gasteiger partial charge in [-0.1, -0.05) is 35.3 Å². The summed E-state index contributed by atoms with van der Waals surface area (Å²) in [5.74, 6) is 1.11. The van der Waals surface area contributed by atoms with Crippen LogP contribution in [0.5, 0.6) is 0 Å². The van der Waals surface area contributed by atoms with E-state index in [2.05, 4.69) is 15.1 Å². The first-order valence-corrected chi connectivity index (χ1v) is 8.00. The van der Waals surface area contributed by atoms with Crippen molar-refractivity contribution in [2.75, 3.05) is 6.61 Å². The topological polar surface area (TPSA) is 83.8 Å². The van der Waals surface area contributed by atoms with Crippen LogP contribution in [0.25, 0.3) is 11.4 Å². The molecule has 0 saturated carbocycles. The second-order valence-electron chi connectivity index (χ2n) is 5.17. The first-order valence-electron chi connectivity index (χ1n) is 7.24. The molecule has 2 aromatic heterocycles. The average Bonchev–Trinajstić information content (AvgIpc) is 2.93. The van der Waals surface area contributed by atoms with Gasteiger partial charge in [0.05, 0.1) is 13.2 Å². The molecule has 0 fully saturated rings. The molecule has 2 heterocycles. The lowest BCUT2D eigenvalue weighted by atomic mass is 10.1. The van der Waals surface area contributed by atoms with Gasteiger partial charge in [-0.05, 0) is 23.8 Å². The van der Waals surface area contributed by atoms with Crippen LogP contribution in [-0.2, 0) is 13.0 Å². The fraction of sp³-hybridized carbons (Fsp3) is 0.188. The zero-order valence-corrected chi connectivity index (χ0v) is 14.1. The maximum atomic E-state index is 11.4. The van der Waals surface area contributed by atoms with E-state index in [0.29, 0.717) is 28.7 Å². The number of hydrogen-bond donors (Lipinski definition) is 2. The molecule has 2 N–H and O–H groups in total. The van der Waals surface area contributed by atoms with E-state index in [0.717, 1.165) is 5.56 Å². The molecule has 0 amide bonds. The third-order valence-corrected chi connectivity index (χ3v) is 3.91. The molecule has 3 aromatic rings. The van der Waals surface area contributed by atoms with Gasteiger partial charge in [0, 0.05) is 23.2 Å². The summed E-state index contributed by atoms with van der Waals surface area (Å²) in [5, 5.41) is 14.4. The van der Waals surface area contributed by atoms with Gasteiger partial charge >= 0.3 is 0 Å². The zero-order valence-electron chi connectivity index (χ0n) is 12.5. The van der Waals surface area contributed by atoms with E-state index in [9.17, 15) is 9.90 Å². The Morgan fingerprint density at radius 3 is 2.79 bits per heavy atom. The zero-order chi connectivity index (χ0) is 17.1. The second-order valence-corrected chi connectivity index (χ2v) is 6.01. The molecular formula is C16H14Cl2N4O2. The maximum Gasteiger partial charge on any atom is 0.266 e. The third-order valence-electron chi connectivity index (χ3n) is 3.39. The number of nitrogens with one attached hydrogen (secondary N) is 1. The summed E-state index contributed by atoms with van der Waals surface area (Å²) in [6.07, 6.45) is 2.03. The molecule has 6 nitrogen and oxygen atoms in total. The number of aliphatic hydroxyl groups is 1. The first kappa shape index (κ1) is 16.7. The van der Waals surface area contributed by atoms with Crippen LogP contribution >= 0.6 is 23.2 Å². The molecule has 124 valence electrons. The van der Waals surface area contributed by atoms with Crippen LogP contribution in [0.15, 0.2) is 41.3 Å². The van der Waals surface area contributed by atoms with Crippen molar-refractivity contribution >= 4 is 23.2 Å². The minimum atomic E-state index is -0.368. The maximum absolute atomic E-state index is 11.4. The van der Waals surface area contributed by atoms with Crippen molar-refractivity contribution in [1.82, 2.24) is 19.7 Å². The third kappa shape index (κ3) is 3.67. The summed E-state index contributed by atoms with van der Waals surface area (Å²) in [6.45, 7) is 0.207. The molecule has 3 rings (SSSR count). The van der Waals surface area contributed by atoms with Crippen molar-refractivity contribution < 1.29 is 5.11 Å². The SMILES string of the molecule is O=c1[nH]cc(-c2nc(Cc3cccc(Cl)c3)nn2CCO)cc1Cl. The lowest BCUT2D eigenvalue weighted by Crippen LogP contribution is -2.09. The van der Waals surface area contributed by atoms with Crippen molar-refractivity contribution in [3.05, 3.63) is 68.3 Å². The van der Waals surface area contributed by atoms with Crippen molar-refractivity contribution in [2.45, 2.75) is 13.0 Å². The summed E-state index contributed by atoms with van der Waals surface area (Å²) in [4.78, 5) is 18.5. The lowest BCUT2D eigenvalue weighted by Gasteiger charge is -2.03. The summed E-state index contributed by atoms with van der Waals surface area (Å²) >= 11 is 11.9. The molecule has 24 heavy (non-hydrogen) atoms. The van der Waals surface area contributed by atoms with Gasteiger partial charge in [0.2, 0.25) is 0 Å². The Morgan fingerprint density at radius 2 is 2.08 bits per heavy atom. The van der Waals surface area contributed by atoms with E-state index >= 15 is 0 Å². The van der Waals surface area contributed by atoms with Crippen molar-refractivity contribution in [3.8, 4) is 11.4 Å². The number of aliphatic hydroxyl groups excluding tert-OH is 1. The van der Waals surface area contributed by atoms with E-state index in [-0.39, 0.29) is 23.7 Å². The van der Waals surface area contributed by atoms with Crippen LogP contribution in [-0.4, -0.2) is 31.5 Å². The van der Waals surface area contributed by atoms with Crippen LogP contribution in [0.3, 0.4) is 0 Å². The van der Waals surface area contributed by atoms with Crippen LogP contribution < -0.4 is 5.56 Å². The molecule has 0 aliphatic heterocycles. The minimum Gasteiger partial charge on any atom is -0.394 e. The van der Waals surface area contributed by atoms with Gasteiger partial charge in [0.15, 0.2) is 11.6 Å². The summed E-state index contributed by atoms with van der Waals surface area (Å²) < 4.78 is 1.59. The highest BCUT2D eigenvalue weighted by molar-refractivity contribution is 6.30. The molecule has 0 radical (unpaired) electrons. The van der Waals surface area contributed by atoms with Crippen molar-refractivity contribution in [1.29, 1.82) is 0 Å². The van der Waals surface area contributed by atoms with E-state index in [1.54, 1.807) is 10.7 Å². The minimum absolute atomic E-state index is 0.0717. The Hall–Kier alpha value is -2.15. The van der Waals surface area contributed by atoms with E-state index in [1.165, 1.54) is 12.3 Å². The highest BCUT2D eigenvalue weighted by Gasteiger charge is 2.14. The number of pyridine rings is 1. The highest BCUT2D eigenvalue weighted by atomic mass is 35.5. The number of benzene rings is 1. The van der Waals surface area contributed by atoms with Crippen LogP contribution in [0.4, 0.5) is 0 Å². The second kappa shape index (κ2) is 7.17. The number of aromatic amines is 1. The van der Waals surface area contributed by atoms with Gasteiger partial charge in [0.1, 0.15) is 5.02 Å². The lowest BCUT2D eigenvalue weighted by molar-refractivity contribution is 0.270. The number of hydrogen-bond acceptors (Lipinski definition) is 4. The number of nitrogens with zero attached hydrogens (tertiary/aromatic N) is 3. The first-order chi connectivity index (χ1) is 11.6. The number of aromatic nitrogens is 4.